The van der Waals surface area contributed by atoms with Crippen molar-refractivity contribution in [2.24, 2.45) is 0 Å². The number of aromatic nitrogens is 2. The van der Waals surface area contributed by atoms with Crippen molar-refractivity contribution in [1.82, 2.24) is 9.97 Å². The van der Waals surface area contributed by atoms with Crippen LogP contribution in [0, 0.1) is 0 Å². The minimum atomic E-state index is -4.27. The third-order valence-electron chi connectivity index (χ3n) is 2.99. The van der Waals surface area contributed by atoms with Crippen LogP contribution in [0.25, 0.3) is 11.1 Å². The average Bonchev–Trinajstić information content (AvgIpc) is 2.35. The lowest BCUT2D eigenvalue weighted by molar-refractivity contribution is -0.135. The fourth-order valence-corrected chi connectivity index (χ4v) is 2.04. The lowest BCUT2D eigenvalue weighted by Gasteiger charge is -2.07. The molecule has 0 fully saturated rings. The number of halogens is 3. The van der Waals surface area contributed by atoms with E-state index < -0.39 is 23.8 Å². The fraction of sp³-hybridized carbons (Fsp3) is 0.462. The zero-order valence-corrected chi connectivity index (χ0v) is 11.2. The molecule has 0 radical (unpaired) electrons. The lowest BCUT2D eigenvalue weighted by Crippen LogP contribution is -2.16. The summed E-state index contributed by atoms with van der Waals surface area (Å²) in [6.45, 7) is 1.76. The summed E-state index contributed by atoms with van der Waals surface area (Å²) in [5.74, 6) is 0.350. The minimum absolute atomic E-state index is 0.0361. The smallest absolute Gasteiger partial charge is 0.389 e. The van der Waals surface area contributed by atoms with E-state index in [4.69, 9.17) is 4.42 Å². The molecule has 1 N–H and O–H groups in total. The van der Waals surface area contributed by atoms with Gasteiger partial charge in [0.05, 0.1) is 0 Å². The number of rotatable bonds is 4. The summed E-state index contributed by atoms with van der Waals surface area (Å²) in [5, 5.41) is 0.0361. The second-order valence-corrected chi connectivity index (χ2v) is 4.61. The Balaban J connectivity index is 2.44. The topological polar surface area (TPSA) is 76.0 Å². The highest BCUT2D eigenvalue weighted by Gasteiger charge is 2.26. The first kappa shape index (κ1) is 15.3. The van der Waals surface area contributed by atoms with Crippen molar-refractivity contribution in [2.45, 2.75) is 38.8 Å². The SMILES string of the molecule is CCc1nc2oc(=O)cc(CCCC(F)(F)F)c2c(=O)[nH]1. The monoisotopic (exact) mass is 302 g/mol. The molecule has 2 rings (SSSR count). The molecule has 21 heavy (non-hydrogen) atoms. The molecule has 0 spiro atoms. The summed E-state index contributed by atoms with van der Waals surface area (Å²) >= 11 is 0. The van der Waals surface area contributed by atoms with Gasteiger partial charge in [-0.25, -0.2) is 4.79 Å². The number of H-pyrrole nitrogens is 1. The molecule has 0 aliphatic heterocycles. The van der Waals surface area contributed by atoms with E-state index in [9.17, 15) is 22.8 Å². The van der Waals surface area contributed by atoms with Gasteiger partial charge in [-0.05, 0) is 18.4 Å². The molecule has 5 nitrogen and oxygen atoms in total. The molecule has 2 heterocycles. The van der Waals surface area contributed by atoms with E-state index in [0.29, 0.717) is 12.2 Å². The van der Waals surface area contributed by atoms with Gasteiger partial charge in [-0.2, -0.15) is 18.2 Å². The summed E-state index contributed by atoms with van der Waals surface area (Å²) in [6.07, 6.45) is -5.07. The third kappa shape index (κ3) is 3.71. The van der Waals surface area contributed by atoms with Gasteiger partial charge in [0.15, 0.2) is 0 Å². The summed E-state index contributed by atoms with van der Waals surface area (Å²) in [5.41, 5.74) is -1.15. The Morgan fingerprint density at radius 3 is 2.67 bits per heavy atom. The molecule has 2 aromatic heterocycles. The number of aryl methyl sites for hydroxylation is 2. The molecule has 8 heteroatoms. The van der Waals surface area contributed by atoms with Crippen molar-refractivity contribution in [3.63, 3.8) is 0 Å². The Labute approximate surface area is 116 Å². The number of aromatic amines is 1. The average molecular weight is 302 g/mol. The third-order valence-corrected chi connectivity index (χ3v) is 2.99. The first-order valence-corrected chi connectivity index (χ1v) is 6.43. The Kier molecular flexibility index (Phi) is 4.15. The molecule has 114 valence electrons. The maximum Gasteiger partial charge on any atom is 0.389 e. The summed E-state index contributed by atoms with van der Waals surface area (Å²) < 4.78 is 41.4. The van der Waals surface area contributed by atoms with Crippen LogP contribution < -0.4 is 11.2 Å². The second-order valence-electron chi connectivity index (χ2n) is 4.61. The van der Waals surface area contributed by atoms with Crippen LogP contribution in [-0.4, -0.2) is 16.1 Å². The van der Waals surface area contributed by atoms with Crippen LogP contribution in [-0.2, 0) is 12.8 Å². The van der Waals surface area contributed by atoms with Gasteiger partial charge in [-0.15, -0.1) is 0 Å². The first-order chi connectivity index (χ1) is 9.80. The van der Waals surface area contributed by atoms with E-state index in [0.717, 1.165) is 6.07 Å². The first-order valence-electron chi connectivity index (χ1n) is 6.43. The van der Waals surface area contributed by atoms with E-state index >= 15 is 0 Å². The van der Waals surface area contributed by atoms with Crippen LogP contribution in [0.2, 0.25) is 0 Å². The molecule has 0 saturated carbocycles. The van der Waals surface area contributed by atoms with E-state index in [-0.39, 0.29) is 29.5 Å². The maximum atomic E-state index is 12.2. The molecular weight excluding hydrogens is 289 g/mol. The standard InChI is InChI=1S/C13H13F3N2O3/c1-2-8-17-11(20)10-7(4-3-5-13(14,15)16)6-9(19)21-12(10)18-8/h6H,2-5H2,1H3,(H,17,18,20). The number of hydrogen-bond acceptors (Lipinski definition) is 4. The molecule has 0 atom stereocenters. The Morgan fingerprint density at radius 2 is 2.05 bits per heavy atom. The van der Waals surface area contributed by atoms with Crippen LogP contribution in [0.1, 0.15) is 31.2 Å². The Bertz CT molecular complexity index is 762. The van der Waals surface area contributed by atoms with E-state index in [1.54, 1.807) is 6.92 Å². The van der Waals surface area contributed by atoms with Crippen molar-refractivity contribution in [3.8, 4) is 0 Å². The molecule has 0 aliphatic rings. The molecule has 0 saturated heterocycles. The molecule has 0 unspecified atom stereocenters. The summed E-state index contributed by atoms with van der Waals surface area (Å²) in [7, 11) is 0. The van der Waals surface area contributed by atoms with Gasteiger partial charge in [-0.1, -0.05) is 6.92 Å². The molecular formula is C13H13F3N2O3. The van der Waals surface area contributed by atoms with Crippen molar-refractivity contribution in [1.29, 1.82) is 0 Å². The van der Waals surface area contributed by atoms with Gasteiger partial charge in [-0.3, -0.25) is 4.79 Å². The molecule has 0 aliphatic carbocycles. The van der Waals surface area contributed by atoms with Gasteiger partial charge in [0, 0.05) is 18.9 Å². The van der Waals surface area contributed by atoms with Crippen molar-refractivity contribution in [2.75, 3.05) is 0 Å². The number of nitrogens with zero attached hydrogens (tertiary/aromatic N) is 1. The predicted molar refractivity (Wildman–Crippen MR) is 69.3 cm³/mol. The zero-order chi connectivity index (χ0) is 15.6. The van der Waals surface area contributed by atoms with Crippen LogP contribution in [0.4, 0.5) is 13.2 Å². The Hall–Kier alpha value is -2.12. The van der Waals surface area contributed by atoms with Crippen molar-refractivity contribution >= 4 is 11.1 Å². The van der Waals surface area contributed by atoms with Crippen LogP contribution >= 0.6 is 0 Å². The number of alkyl halides is 3. The zero-order valence-electron chi connectivity index (χ0n) is 11.2. The van der Waals surface area contributed by atoms with Gasteiger partial charge in [0.1, 0.15) is 11.2 Å². The second kappa shape index (κ2) is 5.71. The normalized spacial score (nSPS) is 12.0. The summed E-state index contributed by atoms with van der Waals surface area (Å²) in [4.78, 5) is 29.9. The van der Waals surface area contributed by atoms with Crippen molar-refractivity contribution < 1.29 is 17.6 Å². The number of nitrogens with one attached hydrogen (secondary N) is 1. The lowest BCUT2D eigenvalue weighted by atomic mass is 10.1. The van der Waals surface area contributed by atoms with E-state index in [2.05, 4.69) is 9.97 Å². The highest BCUT2D eigenvalue weighted by Crippen LogP contribution is 2.23. The van der Waals surface area contributed by atoms with E-state index in [1.165, 1.54) is 0 Å². The maximum absolute atomic E-state index is 12.2. The predicted octanol–water partition coefficient (Wildman–Crippen LogP) is 2.32. The largest absolute Gasteiger partial charge is 0.403 e. The van der Waals surface area contributed by atoms with E-state index in [1.807, 2.05) is 0 Å². The summed E-state index contributed by atoms with van der Waals surface area (Å²) in [6, 6.07) is 1.04. The van der Waals surface area contributed by atoms with Gasteiger partial charge >= 0.3 is 11.8 Å². The number of hydrogen-bond donors (Lipinski definition) is 1. The minimum Gasteiger partial charge on any atom is -0.403 e. The molecule has 2 aromatic rings. The Morgan fingerprint density at radius 1 is 1.33 bits per heavy atom. The fourth-order valence-electron chi connectivity index (χ4n) is 2.04. The van der Waals surface area contributed by atoms with Gasteiger partial charge in [0.25, 0.3) is 5.56 Å². The molecule has 0 aromatic carbocycles. The quantitative estimate of drug-likeness (QED) is 0.940. The highest BCUT2D eigenvalue weighted by molar-refractivity contribution is 5.75. The van der Waals surface area contributed by atoms with Crippen molar-refractivity contribution in [3.05, 3.63) is 38.2 Å². The van der Waals surface area contributed by atoms with Gasteiger partial charge in [0.2, 0.25) is 5.71 Å². The molecule has 0 bridgehead atoms. The highest BCUT2D eigenvalue weighted by atomic mass is 19.4. The van der Waals surface area contributed by atoms with Gasteiger partial charge < -0.3 is 9.40 Å². The van der Waals surface area contributed by atoms with Crippen LogP contribution in [0.3, 0.4) is 0 Å². The molecule has 0 amide bonds. The number of fused-ring (bicyclic) bond motifs is 1. The van der Waals surface area contributed by atoms with Crippen LogP contribution in [0.15, 0.2) is 20.1 Å². The van der Waals surface area contributed by atoms with Crippen LogP contribution in [0.5, 0.6) is 0 Å².